The Kier molecular flexibility index (Phi) is 6.20. The first-order chi connectivity index (χ1) is 15.6. The van der Waals surface area contributed by atoms with Crippen LogP contribution >= 0.6 is 0 Å². The fourth-order valence-electron chi connectivity index (χ4n) is 5.45. The highest BCUT2D eigenvalue weighted by Crippen LogP contribution is 2.37. The molecule has 5 heteroatoms. The molecule has 2 saturated heterocycles. The molecule has 2 aromatic rings. The monoisotopic (exact) mass is 433 g/mol. The summed E-state index contributed by atoms with van der Waals surface area (Å²) in [5, 5.41) is 0. The molecule has 3 fully saturated rings. The molecule has 1 aliphatic carbocycles. The quantitative estimate of drug-likeness (QED) is 0.681. The van der Waals surface area contributed by atoms with Gasteiger partial charge in [0, 0.05) is 39.3 Å². The Morgan fingerprint density at radius 2 is 1.47 bits per heavy atom. The lowest BCUT2D eigenvalue weighted by Crippen LogP contribution is -2.43. The minimum atomic E-state index is -0.232. The maximum absolute atomic E-state index is 12.6. The fourth-order valence-corrected chi connectivity index (χ4v) is 5.45. The number of carbonyl (C=O) groups excluding carboxylic acids is 1. The lowest BCUT2D eigenvalue weighted by molar-refractivity contribution is 0.0260. The second-order valence-electron chi connectivity index (χ2n) is 9.95. The van der Waals surface area contributed by atoms with Gasteiger partial charge in [0.05, 0.1) is 6.54 Å². The van der Waals surface area contributed by atoms with Gasteiger partial charge in [0.1, 0.15) is 5.60 Å². The van der Waals surface area contributed by atoms with E-state index >= 15 is 0 Å². The minimum absolute atomic E-state index is 0.147. The number of rotatable bonds is 5. The molecular weight excluding hydrogens is 398 g/mol. The van der Waals surface area contributed by atoms with Gasteiger partial charge >= 0.3 is 6.09 Å². The summed E-state index contributed by atoms with van der Waals surface area (Å²) in [6.07, 6.45) is 5.47. The predicted molar refractivity (Wildman–Crippen MR) is 127 cm³/mol. The standard InChI is InChI=1S/C27H35N3O2/c1-28-13-15-29(16-14-28)19-22-7-5-9-24(17-22)25-10-6-8-23(18-25)20-30-21-27(32-26(30)31)11-3-2-4-12-27/h5-10,17-18H,2-4,11-16,19-21H2,1H3. The first kappa shape index (κ1) is 21.5. The molecule has 2 heterocycles. The number of likely N-dealkylation sites (N-methyl/N-ethyl adjacent to an activating group) is 1. The molecule has 1 saturated carbocycles. The summed E-state index contributed by atoms with van der Waals surface area (Å²) in [4.78, 5) is 19.4. The van der Waals surface area contributed by atoms with Crippen LogP contribution in [0.15, 0.2) is 48.5 Å². The Hall–Kier alpha value is -2.37. The van der Waals surface area contributed by atoms with Gasteiger partial charge in [0.15, 0.2) is 0 Å². The van der Waals surface area contributed by atoms with E-state index in [4.69, 9.17) is 4.74 Å². The molecule has 0 N–H and O–H groups in total. The molecule has 2 aromatic carbocycles. The zero-order valence-electron chi connectivity index (χ0n) is 19.3. The highest BCUT2D eigenvalue weighted by atomic mass is 16.6. The molecule has 5 nitrogen and oxygen atoms in total. The van der Waals surface area contributed by atoms with E-state index in [1.165, 1.54) is 36.0 Å². The van der Waals surface area contributed by atoms with Gasteiger partial charge < -0.3 is 9.64 Å². The van der Waals surface area contributed by atoms with Gasteiger partial charge in [-0.05, 0) is 67.1 Å². The van der Waals surface area contributed by atoms with E-state index in [0.29, 0.717) is 6.54 Å². The number of amides is 1. The van der Waals surface area contributed by atoms with Crippen molar-refractivity contribution in [2.45, 2.75) is 50.8 Å². The summed E-state index contributed by atoms with van der Waals surface area (Å²) in [7, 11) is 2.20. The van der Waals surface area contributed by atoms with Crippen LogP contribution in [-0.4, -0.2) is 66.2 Å². The number of hydrogen-bond acceptors (Lipinski definition) is 4. The van der Waals surface area contributed by atoms with Crippen molar-refractivity contribution in [2.24, 2.45) is 0 Å². The van der Waals surface area contributed by atoms with Gasteiger partial charge in [-0.1, -0.05) is 42.8 Å². The van der Waals surface area contributed by atoms with Crippen LogP contribution in [0.5, 0.6) is 0 Å². The van der Waals surface area contributed by atoms with Crippen molar-refractivity contribution in [2.75, 3.05) is 39.8 Å². The van der Waals surface area contributed by atoms with E-state index in [0.717, 1.165) is 57.7 Å². The molecule has 0 aromatic heterocycles. The number of ether oxygens (including phenoxy) is 1. The Morgan fingerprint density at radius 1 is 0.844 bits per heavy atom. The molecule has 1 spiro atoms. The van der Waals surface area contributed by atoms with Crippen molar-refractivity contribution >= 4 is 6.09 Å². The third kappa shape index (κ3) is 4.84. The lowest BCUT2D eigenvalue weighted by Gasteiger charge is -2.32. The normalized spacial score (nSPS) is 21.8. The van der Waals surface area contributed by atoms with Crippen molar-refractivity contribution in [1.29, 1.82) is 0 Å². The average molecular weight is 434 g/mol. The summed E-state index contributed by atoms with van der Waals surface area (Å²) in [5.41, 5.74) is 4.75. The summed E-state index contributed by atoms with van der Waals surface area (Å²) in [6, 6.07) is 17.5. The lowest BCUT2D eigenvalue weighted by atomic mass is 9.85. The van der Waals surface area contributed by atoms with E-state index in [1.54, 1.807) is 0 Å². The summed E-state index contributed by atoms with van der Waals surface area (Å²) >= 11 is 0. The van der Waals surface area contributed by atoms with Crippen molar-refractivity contribution in [3.8, 4) is 11.1 Å². The van der Waals surface area contributed by atoms with Gasteiger partial charge in [0.25, 0.3) is 0 Å². The number of hydrogen-bond donors (Lipinski definition) is 0. The topological polar surface area (TPSA) is 36.0 Å². The van der Waals surface area contributed by atoms with Crippen molar-refractivity contribution < 1.29 is 9.53 Å². The van der Waals surface area contributed by atoms with Gasteiger partial charge in [-0.25, -0.2) is 4.79 Å². The van der Waals surface area contributed by atoms with Crippen LogP contribution in [0, 0.1) is 0 Å². The SMILES string of the molecule is CN1CCN(Cc2cccc(-c3cccc(CN4CC5(CCCCC5)OC4=O)c3)c2)CC1. The van der Waals surface area contributed by atoms with Crippen LogP contribution < -0.4 is 0 Å². The van der Waals surface area contributed by atoms with E-state index < -0.39 is 0 Å². The van der Waals surface area contributed by atoms with Crippen molar-refractivity contribution in [3.63, 3.8) is 0 Å². The van der Waals surface area contributed by atoms with Crippen LogP contribution in [0.3, 0.4) is 0 Å². The summed E-state index contributed by atoms with van der Waals surface area (Å²) < 4.78 is 5.86. The second kappa shape index (κ2) is 9.24. The molecule has 0 atom stereocenters. The Labute approximate surface area is 191 Å². The van der Waals surface area contributed by atoms with E-state index in [2.05, 4.69) is 65.4 Å². The maximum Gasteiger partial charge on any atom is 0.410 e. The average Bonchev–Trinajstić information content (AvgIpc) is 3.10. The number of nitrogens with zero attached hydrogens (tertiary/aromatic N) is 3. The smallest absolute Gasteiger partial charge is 0.410 e. The highest BCUT2D eigenvalue weighted by molar-refractivity contribution is 5.71. The van der Waals surface area contributed by atoms with Gasteiger partial charge in [-0.2, -0.15) is 0 Å². The zero-order chi connectivity index (χ0) is 22.0. The Bertz CT molecular complexity index is 945. The minimum Gasteiger partial charge on any atom is -0.441 e. The number of piperazine rings is 1. The zero-order valence-corrected chi connectivity index (χ0v) is 19.3. The molecule has 0 bridgehead atoms. The van der Waals surface area contributed by atoms with Gasteiger partial charge in [-0.3, -0.25) is 9.80 Å². The Balaban J connectivity index is 1.26. The van der Waals surface area contributed by atoms with Crippen LogP contribution in [0.25, 0.3) is 11.1 Å². The Morgan fingerprint density at radius 3 is 2.12 bits per heavy atom. The van der Waals surface area contributed by atoms with Crippen molar-refractivity contribution in [3.05, 3.63) is 59.7 Å². The van der Waals surface area contributed by atoms with Crippen LogP contribution in [0.4, 0.5) is 4.79 Å². The first-order valence-electron chi connectivity index (χ1n) is 12.2. The molecular formula is C27H35N3O2. The second-order valence-corrected chi connectivity index (χ2v) is 9.95. The maximum atomic E-state index is 12.6. The first-order valence-corrected chi connectivity index (χ1v) is 12.2. The van der Waals surface area contributed by atoms with E-state index in [9.17, 15) is 4.79 Å². The number of carbonyl (C=O) groups is 1. The largest absolute Gasteiger partial charge is 0.441 e. The molecule has 170 valence electrons. The van der Waals surface area contributed by atoms with Gasteiger partial charge in [0.2, 0.25) is 0 Å². The van der Waals surface area contributed by atoms with Crippen LogP contribution in [0.2, 0.25) is 0 Å². The molecule has 32 heavy (non-hydrogen) atoms. The molecule has 5 rings (SSSR count). The highest BCUT2D eigenvalue weighted by Gasteiger charge is 2.45. The number of benzene rings is 2. The van der Waals surface area contributed by atoms with E-state index in [1.807, 2.05) is 4.90 Å². The van der Waals surface area contributed by atoms with Crippen LogP contribution in [-0.2, 0) is 17.8 Å². The van der Waals surface area contributed by atoms with Crippen LogP contribution in [0.1, 0.15) is 43.2 Å². The van der Waals surface area contributed by atoms with Gasteiger partial charge in [-0.15, -0.1) is 0 Å². The molecule has 1 amide bonds. The molecule has 0 radical (unpaired) electrons. The predicted octanol–water partition coefficient (Wildman–Crippen LogP) is 4.76. The molecule has 3 aliphatic rings. The van der Waals surface area contributed by atoms with Crippen molar-refractivity contribution in [1.82, 2.24) is 14.7 Å². The third-order valence-electron chi connectivity index (χ3n) is 7.37. The summed E-state index contributed by atoms with van der Waals surface area (Å²) in [6.45, 7) is 6.90. The molecule has 0 unspecified atom stereocenters. The fraction of sp³-hybridized carbons (Fsp3) is 0.519. The summed E-state index contributed by atoms with van der Waals surface area (Å²) in [5.74, 6) is 0. The molecule has 2 aliphatic heterocycles. The third-order valence-corrected chi connectivity index (χ3v) is 7.37. The van der Waals surface area contributed by atoms with E-state index in [-0.39, 0.29) is 11.7 Å².